The molecular formula is C15H16N2O2S. The maximum Gasteiger partial charge on any atom is 0.253 e. The average molecular weight is 288 g/mol. The second kappa shape index (κ2) is 5.17. The molecule has 1 aliphatic carbocycles. The number of nitrogens with two attached hydrogens (primary N) is 1. The van der Waals surface area contributed by atoms with Crippen LogP contribution in [0.5, 0.6) is 5.75 Å². The highest BCUT2D eigenvalue weighted by molar-refractivity contribution is 7.10. The predicted octanol–water partition coefficient (Wildman–Crippen LogP) is 2.84. The van der Waals surface area contributed by atoms with Gasteiger partial charge in [-0.1, -0.05) is 0 Å². The lowest BCUT2D eigenvalue weighted by Gasteiger charge is -2.24. The summed E-state index contributed by atoms with van der Waals surface area (Å²) < 4.78 is 0. The van der Waals surface area contributed by atoms with Gasteiger partial charge in [0.1, 0.15) is 5.75 Å². The van der Waals surface area contributed by atoms with Crippen LogP contribution in [-0.2, 0) is 6.42 Å². The summed E-state index contributed by atoms with van der Waals surface area (Å²) in [4.78, 5) is 13.7. The van der Waals surface area contributed by atoms with Crippen LogP contribution in [0, 0.1) is 0 Å². The molecule has 0 radical (unpaired) electrons. The van der Waals surface area contributed by atoms with E-state index < -0.39 is 0 Å². The molecule has 0 spiro atoms. The minimum Gasteiger partial charge on any atom is -0.508 e. The van der Waals surface area contributed by atoms with E-state index in [0.717, 1.165) is 19.3 Å². The summed E-state index contributed by atoms with van der Waals surface area (Å²) in [7, 11) is 0. The van der Waals surface area contributed by atoms with Gasteiger partial charge < -0.3 is 16.2 Å². The Labute approximate surface area is 121 Å². The van der Waals surface area contributed by atoms with Crippen LogP contribution in [0.4, 0.5) is 5.69 Å². The Kier molecular flexibility index (Phi) is 3.36. The molecule has 1 amide bonds. The molecule has 0 aliphatic heterocycles. The first-order valence-electron chi connectivity index (χ1n) is 6.61. The summed E-state index contributed by atoms with van der Waals surface area (Å²) in [5, 5.41) is 14.6. The third kappa shape index (κ3) is 2.36. The number of carbonyl (C=O) groups is 1. The standard InChI is InChI=1S/C15H16N2O2S/c16-12-5-4-9(18)8-11(12)15(19)17-13-2-1-3-14-10(13)6-7-20-14/h4-8,13,18H,1-3,16H2,(H,17,19). The number of hydrogen-bond donors (Lipinski definition) is 3. The summed E-state index contributed by atoms with van der Waals surface area (Å²) in [5.41, 5.74) is 7.72. The second-order valence-electron chi connectivity index (χ2n) is 4.99. The third-order valence-corrected chi connectivity index (χ3v) is 4.64. The molecule has 1 aromatic heterocycles. The molecule has 2 aromatic rings. The van der Waals surface area contributed by atoms with E-state index in [1.807, 2.05) is 0 Å². The minimum absolute atomic E-state index is 0.0410. The highest BCUT2D eigenvalue weighted by atomic mass is 32.1. The fraction of sp³-hybridized carbons (Fsp3) is 0.267. The van der Waals surface area contributed by atoms with Crippen molar-refractivity contribution in [3.05, 3.63) is 45.6 Å². The van der Waals surface area contributed by atoms with E-state index >= 15 is 0 Å². The number of rotatable bonds is 2. The van der Waals surface area contributed by atoms with E-state index in [2.05, 4.69) is 16.8 Å². The third-order valence-electron chi connectivity index (χ3n) is 3.64. The number of nitrogens with one attached hydrogen (secondary N) is 1. The SMILES string of the molecule is Nc1ccc(O)cc1C(=O)NC1CCCc2sccc21. The van der Waals surface area contributed by atoms with Crippen LogP contribution in [0.3, 0.4) is 0 Å². The normalized spacial score (nSPS) is 17.5. The van der Waals surface area contributed by atoms with Crippen molar-refractivity contribution >= 4 is 22.9 Å². The number of thiophene rings is 1. The quantitative estimate of drug-likeness (QED) is 0.587. The van der Waals surface area contributed by atoms with Gasteiger partial charge in [-0.3, -0.25) is 4.79 Å². The zero-order valence-corrected chi connectivity index (χ0v) is 11.7. The second-order valence-corrected chi connectivity index (χ2v) is 5.99. The number of phenolic OH excluding ortho intramolecular Hbond substituents is 1. The molecule has 0 fully saturated rings. The lowest BCUT2D eigenvalue weighted by atomic mass is 9.93. The van der Waals surface area contributed by atoms with Crippen LogP contribution in [0.2, 0.25) is 0 Å². The molecule has 1 unspecified atom stereocenters. The van der Waals surface area contributed by atoms with Crippen molar-refractivity contribution in [1.82, 2.24) is 5.32 Å². The van der Waals surface area contributed by atoms with Crippen molar-refractivity contribution in [3.63, 3.8) is 0 Å². The summed E-state index contributed by atoms with van der Waals surface area (Å²) >= 11 is 1.74. The number of carbonyl (C=O) groups excluding carboxylic acids is 1. The zero-order chi connectivity index (χ0) is 14.1. The monoisotopic (exact) mass is 288 g/mol. The summed E-state index contributed by atoms with van der Waals surface area (Å²) in [6, 6.07) is 6.54. The number of aromatic hydroxyl groups is 1. The number of phenols is 1. The van der Waals surface area contributed by atoms with E-state index in [1.165, 1.54) is 22.6 Å². The number of hydrogen-bond acceptors (Lipinski definition) is 4. The Morgan fingerprint density at radius 3 is 3.10 bits per heavy atom. The molecule has 4 nitrogen and oxygen atoms in total. The van der Waals surface area contributed by atoms with Crippen molar-refractivity contribution in [2.75, 3.05) is 5.73 Å². The molecule has 104 valence electrons. The average Bonchev–Trinajstić information content (AvgIpc) is 2.91. The van der Waals surface area contributed by atoms with E-state index in [9.17, 15) is 9.90 Å². The van der Waals surface area contributed by atoms with Crippen LogP contribution in [-0.4, -0.2) is 11.0 Å². The molecule has 0 saturated heterocycles. The zero-order valence-electron chi connectivity index (χ0n) is 10.9. The van der Waals surface area contributed by atoms with Crippen molar-refractivity contribution in [2.24, 2.45) is 0 Å². The Morgan fingerprint density at radius 1 is 1.40 bits per heavy atom. The lowest BCUT2D eigenvalue weighted by Crippen LogP contribution is -2.30. The molecule has 0 saturated carbocycles. The molecule has 0 bridgehead atoms. The molecule has 4 N–H and O–H groups in total. The molecular weight excluding hydrogens is 272 g/mol. The molecule has 1 atom stereocenters. The van der Waals surface area contributed by atoms with Crippen LogP contribution in [0.1, 0.15) is 39.7 Å². The number of anilines is 1. The van der Waals surface area contributed by atoms with Crippen LogP contribution < -0.4 is 11.1 Å². The lowest BCUT2D eigenvalue weighted by molar-refractivity contribution is 0.0933. The van der Waals surface area contributed by atoms with Gasteiger partial charge in [-0.25, -0.2) is 0 Å². The molecule has 20 heavy (non-hydrogen) atoms. The van der Waals surface area contributed by atoms with Gasteiger partial charge in [0.2, 0.25) is 0 Å². The van der Waals surface area contributed by atoms with E-state index in [-0.39, 0.29) is 17.7 Å². The Balaban J connectivity index is 1.82. The van der Waals surface area contributed by atoms with Gasteiger partial charge in [0.15, 0.2) is 0 Å². The maximum atomic E-state index is 12.3. The van der Waals surface area contributed by atoms with Gasteiger partial charge in [-0.2, -0.15) is 0 Å². The van der Waals surface area contributed by atoms with Crippen LogP contribution in [0.25, 0.3) is 0 Å². The summed E-state index contributed by atoms with van der Waals surface area (Å²) in [5.74, 6) is -0.188. The first-order valence-corrected chi connectivity index (χ1v) is 7.49. The molecule has 3 rings (SSSR count). The topological polar surface area (TPSA) is 75.3 Å². The Hall–Kier alpha value is -2.01. The van der Waals surface area contributed by atoms with Gasteiger partial charge in [-0.15, -0.1) is 11.3 Å². The van der Waals surface area contributed by atoms with Crippen molar-refractivity contribution < 1.29 is 9.90 Å². The molecule has 5 heteroatoms. The van der Waals surface area contributed by atoms with Gasteiger partial charge in [0.05, 0.1) is 11.6 Å². The van der Waals surface area contributed by atoms with Crippen LogP contribution in [0.15, 0.2) is 29.6 Å². The van der Waals surface area contributed by atoms with Crippen molar-refractivity contribution in [2.45, 2.75) is 25.3 Å². The molecule has 1 heterocycles. The molecule has 1 aliphatic rings. The van der Waals surface area contributed by atoms with Gasteiger partial charge >= 0.3 is 0 Å². The first-order chi connectivity index (χ1) is 9.65. The Bertz CT molecular complexity index is 651. The number of fused-ring (bicyclic) bond motifs is 1. The van der Waals surface area contributed by atoms with E-state index in [4.69, 9.17) is 5.73 Å². The number of aryl methyl sites for hydroxylation is 1. The van der Waals surface area contributed by atoms with Crippen LogP contribution >= 0.6 is 11.3 Å². The highest BCUT2D eigenvalue weighted by Crippen LogP contribution is 2.33. The van der Waals surface area contributed by atoms with Crippen molar-refractivity contribution in [3.8, 4) is 5.75 Å². The molecule has 1 aromatic carbocycles. The summed E-state index contributed by atoms with van der Waals surface area (Å²) in [6.07, 6.45) is 3.11. The number of amides is 1. The van der Waals surface area contributed by atoms with Crippen molar-refractivity contribution in [1.29, 1.82) is 0 Å². The van der Waals surface area contributed by atoms with Gasteiger partial charge in [0, 0.05) is 10.6 Å². The Morgan fingerprint density at radius 2 is 2.25 bits per heavy atom. The van der Waals surface area contributed by atoms with Gasteiger partial charge in [-0.05, 0) is 54.5 Å². The summed E-state index contributed by atoms with van der Waals surface area (Å²) in [6.45, 7) is 0. The smallest absolute Gasteiger partial charge is 0.253 e. The fourth-order valence-corrected chi connectivity index (χ4v) is 3.60. The fourth-order valence-electron chi connectivity index (χ4n) is 2.61. The first kappa shape index (κ1) is 13.0. The van der Waals surface area contributed by atoms with E-state index in [1.54, 1.807) is 17.4 Å². The predicted molar refractivity (Wildman–Crippen MR) is 80.0 cm³/mol. The highest BCUT2D eigenvalue weighted by Gasteiger charge is 2.23. The largest absolute Gasteiger partial charge is 0.508 e. The number of benzene rings is 1. The maximum absolute atomic E-state index is 12.3. The van der Waals surface area contributed by atoms with E-state index in [0.29, 0.717) is 11.3 Å². The van der Waals surface area contributed by atoms with Gasteiger partial charge in [0.25, 0.3) is 5.91 Å². The minimum atomic E-state index is -0.234. The number of nitrogen functional groups attached to an aromatic ring is 1.